The van der Waals surface area contributed by atoms with Gasteiger partial charge in [0.2, 0.25) is 0 Å². The van der Waals surface area contributed by atoms with Gasteiger partial charge in [-0.1, -0.05) is 26.2 Å². The summed E-state index contributed by atoms with van der Waals surface area (Å²) in [5.74, 6) is -2.62. The third-order valence-electron chi connectivity index (χ3n) is 1.16. The van der Waals surface area contributed by atoms with Crippen LogP contribution < -0.4 is 18.9 Å². The quantitative estimate of drug-likeness (QED) is 0.255. The Morgan fingerprint density at radius 1 is 1.14 bits per heavy atom. The summed E-state index contributed by atoms with van der Waals surface area (Å²) in [4.78, 5) is 18.9. The maximum absolute atomic E-state index is 9.43. The van der Waals surface area contributed by atoms with Crippen molar-refractivity contribution in [1.82, 2.24) is 0 Å². The number of unbranched alkanes of at least 4 members (excludes halogenated alkanes) is 3. The van der Waals surface area contributed by atoms with Gasteiger partial charge in [0.25, 0.3) is 0 Å². The minimum Gasteiger partial charge on any atom is -0.481 e. The van der Waals surface area contributed by atoms with Crippen LogP contribution in [0.1, 0.15) is 39.0 Å². The van der Waals surface area contributed by atoms with Crippen LogP contribution in [-0.2, 0) is 9.59 Å². The standard InChI is InChI=1S/C6H13.C3H4O4.Li/c1-3-5-6-4-2;4-2(5)1-3(6)7;/h1,3-6H2,2H3;1H2,(H,4,5)(H,6,7);/q-1;;+1. The Morgan fingerprint density at radius 2 is 1.57 bits per heavy atom. The first-order chi connectivity index (χ1) is 6.04. The first-order valence-corrected chi connectivity index (χ1v) is 4.27. The van der Waals surface area contributed by atoms with E-state index in [1.165, 1.54) is 19.3 Å². The fourth-order valence-electron chi connectivity index (χ4n) is 0.556. The minimum absolute atomic E-state index is 0. The summed E-state index contributed by atoms with van der Waals surface area (Å²) in [6.07, 6.45) is 4.27. The second-order valence-corrected chi connectivity index (χ2v) is 2.52. The number of carboxylic acids is 2. The van der Waals surface area contributed by atoms with Crippen molar-refractivity contribution in [2.75, 3.05) is 0 Å². The van der Waals surface area contributed by atoms with E-state index in [2.05, 4.69) is 13.8 Å². The molecule has 0 fully saturated rings. The first-order valence-electron chi connectivity index (χ1n) is 4.27. The van der Waals surface area contributed by atoms with Crippen molar-refractivity contribution in [1.29, 1.82) is 0 Å². The van der Waals surface area contributed by atoms with E-state index in [4.69, 9.17) is 10.2 Å². The van der Waals surface area contributed by atoms with Crippen molar-refractivity contribution < 1.29 is 38.7 Å². The maximum atomic E-state index is 9.43. The van der Waals surface area contributed by atoms with Gasteiger partial charge in [-0.05, 0) is 0 Å². The molecule has 0 aromatic carbocycles. The number of carboxylic acid groups (broad SMARTS) is 2. The fourth-order valence-corrected chi connectivity index (χ4v) is 0.556. The van der Waals surface area contributed by atoms with E-state index in [1.807, 2.05) is 0 Å². The molecule has 0 aliphatic heterocycles. The Bertz CT molecular complexity index is 132. The van der Waals surface area contributed by atoms with Crippen LogP contribution >= 0.6 is 0 Å². The summed E-state index contributed by atoms with van der Waals surface area (Å²) in [5.41, 5.74) is 0. The van der Waals surface area contributed by atoms with Crippen LogP contribution in [0.4, 0.5) is 0 Å². The topological polar surface area (TPSA) is 74.6 Å². The third kappa shape index (κ3) is 30.0. The van der Waals surface area contributed by atoms with E-state index in [0.717, 1.165) is 6.42 Å². The molecule has 0 rings (SSSR count). The van der Waals surface area contributed by atoms with E-state index in [9.17, 15) is 9.59 Å². The molecule has 2 N–H and O–H groups in total. The van der Waals surface area contributed by atoms with Gasteiger partial charge < -0.3 is 17.1 Å². The van der Waals surface area contributed by atoms with Crippen LogP contribution in [0.5, 0.6) is 0 Å². The number of rotatable bonds is 5. The summed E-state index contributed by atoms with van der Waals surface area (Å²) >= 11 is 0. The molecular weight excluding hydrogens is 179 g/mol. The van der Waals surface area contributed by atoms with Gasteiger partial charge >= 0.3 is 30.8 Å². The summed E-state index contributed by atoms with van der Waals surface area (Å²) < 4.78 is 0. The normalized spacial score (nSPS) is 7.86. The molecule has 0 unspecified atom stereocenters. The zero-order valence-corrected chi connectivity index (χ0v) is 8.95. The molecule has 0 radical (unpaired) electrons. The van der Waals surface area contributed by atoms with E-state index >= 15 is 0 Å². The Morgan fingerprint density at radius 3 is 1.64 bits per heavy atom. The predicted octanol–water partition coefficient (Wildman–Crippen LogP) is -1.05. The van der Waals surface area contributed by atoms with Gasteiger partial charge in [-0.15, -0.1) is 0 Å². The van der Waals surface area contributed by atoms with Gasteiger partial charge in [0, 0.05) is 0 Å². The van der Waals surface area contributed by atoms with Crippen molar-refractivity contribution in [3.05, 3.63) is 6.92 Å². The molecule has 0 aliphatic rings. The molecule has 0 aromatic heterocycles. The largest absolute Gasteiger partial charge is 1.00 e. The zero-order chi connectivity index (χ0) is 10.7. The Labute approximate surface area is 96.9 Å². The number of carbonyl (C=O) groups is 2. The van der Waals surface area contributed by atoms with E-state index < -0.39 is 18.4 Å². The number of hydrogen-bond acceptors (Lipinski definition) is 2. The van der Waals surface area contributed by atoms with Crippen LogP contribution in [0.2, 0.25) is 0 Å². The van der Waals surface area contributed by atoms with Crippen molar-refractivity contribution in [3.8, 4) is 0 Å². The monoisotopic (exact) mass is 196 g/mol. The molecule has 0 bridgehead atoms. The molecule has 0 heterocycles. The van der Waals surface area contributed by atoms with Gasteiger partial charge in [0.05, 0.1) is 0 Å². The molecule has 0 aromatic rings. The van der Waals surface area contributed by atoms with Crippen LogP contribution in [0.15, 0.2) is 0 Å². The second kappa shape index (κ2) is 15.0. The average Bonchev–Trinajstić information content (AvgIpc) is 1.99. The predicted molar refractivity (Wildman–Crippen MR) is 49.4 cm³/mol. The Balaban J connectivity index is -0.000000163. The van der Waals surface area contributed by atoms with E-state index in [-0.39, 0.29) is 18.9 Å². The average molecular weight is 196 g/mol. The molecule has 78 valence electrons. The second-order valence-electron chi connectivity index (χ2n) is 2.52. The van der Waals surface area contributed by atoms with Crippen LogP contribution in [0.25, 0.3) is 0 Å². The smallest absolute Gasteiger partial charge is 0.481 e. The summed E-state index contributed by atoms with van der Waals surface area (Å²) in [6.45, 7) is 5.93. The Hall–Kier alpha value is -0.463. The van der Waals surface area contributed by atoms with E-state index in [0.29, 0.717) is 0 Å². The molecule has 0 aliphatic carbocycles. The summed E-state index contributed by atoms with van der Waals surface area (Å²) in [7, 11) is 0. The number of aliphatic carboxylic acids is 2. The van der Waals surface area contributed by atoms with Gasteiger partial charge in [-0.3, -0.25) is 9.59 Å². The van der Waals surface area contributed by atoms with Crippen molar-refractivity contribution in [2.45, 2.75) is 39.0 Å². The van der Waals surface area contributed by atoms with Crippen molar-refractivity contribution in [2.24, 2.45) is 0 Å². The van der Waals surface area contributed by atoms with Gasteiger partial charge in [0.1, 0.15) is 6.42 Å². The molecule has 0 saturated carbocycles. The van der Waals surface area contributed by atoms with Crippen LogP contribution in [0, 0.1) is 6.92 Å². The van der Waals surface area contributed by atoms with Gasteiger partial charge in [0.15, 0.2) is 0 Å². The molecule has 0 saturated heterocycles. The summed E-state index contributed by atoms with van der Waals surface area (Å²) in [5, 5.41) is 15.4. The van der Waals surface area contributed by atoms with Gasteiger partial charge in [-0.25, -0.2) is 0 Å². The minimum atomic E-state index is -1.31. The Kier molecular flexibility index (Phi) is 20.6. The molecule has 0 spiro atoms. The molecule has 5 heteroatoms. The van der Waals surface area contributed by atoms with E-state index in [1.54, 1.807) is 0 Å². The van der Waals surface area contributed by atoms with Crippen LogP contribution in [0.3, 0.4) is 0 Å². The fraction of sp³-hybridized carbons (Fsp3) is 0.667. The first kappa shape index (κ1) is 19.2. The van der Waals surface area contributed by atoms with Crippen molar-refractivity contribution in [3.63, 3.8) is 0 Å². The maximum Gasteiger partial charge on any atom is 1.00 e. The molecular formula is C9H17LiO4. The number of hydrogen-bond donors (Lipinski definition) is 2. The van der Waals surface area contributed by atoms with Crippen LogP contribution in [-0.4, -0.2) is 22.2 Å². The molecule has 0 amide bonds. The molecule has 0 atom stereocenters. The van der Waals surface area contributed by atoms with Crippen molar-refractivity contribution >= 4 is 11.9 Å². The summed E-state index contributed by atoms with van der Waals surface area (Å²) in [6, 6.07) is 0. The molecule has 4 nitrogen and oxygen atoms in total. The molecule has 14 heavy (non-hydrogen) atoms. The van der Waals surface area contributed by atoms with Gasteiger partial charge in [-0.2, -0.15) is 6.42 Å². The SMILES string of the molecule is O=C(O)CC(=O)O.[CH2-]CCCCC.[Li+]. The third-order valence-corrected chi connectivity index (χ3v) is 1.16. The zero-order valence-electron chi connectivity index (χ0n) is 8.95.